The average molecular weight is 276 g/mol. The van der Waals surface area contributed by atoms with Crippen LogP contribution in [0, 0.1) is 5.82 Å². The summed E-state index contributed by atoms with van der Waals surface area (Å²) < 4.78 is 12.9. The Morgan fingerprint density at radius 3 is 2.60 bits per heavy atom. The Labute approximate surface area is 117 Å². The Bertz CT molecular complexity index is 549. The maximum atomic E-state index is 12.9. The molecule has 0 bridgehead atoms. The monoisotopic (exact) mass is 276 g/mol. The molecule has 5 heteroatoms. The van der Waals surface area contributed by atoms with Gasteiger partial charge >= 0.3 is 0 Å². The number of amides is 1. The van der Waals surface area contributed by atoms with Crippen molar-refractivity contribution in [2.24, 2.45) is 5.16 Å². The summed E-state index contributed by atoms with van der Waals surface area (Å²) in [5.41, 5.74) is 0.568. The number of carbonyl (C=O) groups excluding carboxylic acids is 1. The molecule has 0 aromatic heterocycles. The molecule has 2 heterocycles. The van der Waals surface area contributed by atoms with Crippen LogP contribution in [0.1, 0.15) is 31.7 Å². The molecular weight excluding hydrogens is 259 g/mol. The molecular formula is C15H17FN2O2. The van der Waals surface area contributed by atoms with E-state index < -0.39 is 5.60 Å². The van der Waals surface area contributed by atoms with Crippen molar-refractivity contribution in [3.63, 3.8) is 0 Å². The number of hydrogen-bond acceptors (Lipinski definition) is 3. The van der Waals surface area contributed by atoms with Crippen LogP contribution in [0.15, 0.2) is 29.4 Å². The van der Waals surface area contributed by atoms with E-state index in [1.54, 1.807) is 19.1 Å². The summed E-state index contributed by atoms with van der Waals surface area (Å²) in [6.07, 6.45) is 2.52. The summed E-state index contributed by atoms with van der Waals surface area (Å²) in [6, 6.07) is 6.08. The zero-order valence-electron chi connectivity index (χ0n) is 11.4. The van der Waals surface area contributed by atoms with E-state index >= 15 is 0 Å². The molecule has 2 aliphatic rings. The van der Waals surface area contributed by atoms with Crippen LogP contribution in [0.2, 0.25) is 0 Å². The maximum Gasteiger partial charge on any atom is 0.269 e. The molecule has 0 radical (unpaired) electrons. The van der Waals surface area contributed by atoms with Crippen molar-refractivity contribution >= 4 is 11.6 Å². The van der Waals surface area contributed by atoms with Crippen molar-refractivity contribution < 1.29 is 14.0 Å². The van der Waals surface area contributed by atoms with Crippen LogP contribution in [0.3, 0.4) is 0 Å². The molecule has 0 aliphatic carbocycles. The third-order valence-electron chi connectivity index (χ3n) is 3.89. The highest BCUT2D eigenvalue weighted by Gasteiger charge is 2.45. The van der Waals surface area contributed by atoms with Crippen LogP contribution >= 0.6 is 0 Å². The van der Waals surface area contributed by atoms with E-state index in [-0.39, 0.29) is 11.7 Å². The van der Waals surface area contributed by atoms with Gasteiger partial charge in [-0.3, -0.25) is 4.79 Å². The zero-order valence-corrected chi connectivity index (χ0v) is 11.4. The smallest absolute Gasteiger partial charge is 0.269 e. The van der Waals surface area contributed by atoms with E-state index in [2.05, 4.69) is 5.16 Å². The lowest BCUT2D eigenvalue weighted by atomic mass is 9.94. The van der Waals surface area contributed by atoms with E-state index in [1.165, 1.54) is 12.1 Å². The predicted molar refractivity (Wildman–Crippen MR) is 72.9 cm³/mol. The van der Waals surface area contributed by atoms with Crippen LogP contribution in [0.4, 0.5) is 4.39 Å². The molecule has 0 N–H and O–H groups in total. The molecule has 0 spiro atoms. The van der Waals surface area contributed by atoms with Gasteiger partial charge in [0.2, 0.25) is 5.60 Å². The van der Waals surface area contributed by atoms with Gasteiger partial charge in [0.25, 0.3) is 5.91 Å². The van der Waals surface area contributed by atoms with Gasteiger partial charge in [-0.25, -0.2) is 4.39 Å². The second-order valence-electron chi connectivity index (χ2n) is 5.54. The number of hydrogen-bond donors (Lipinski definition) is 0. The van der Waals surface area contributed by atoms with E-state index in [0.29, 0.717) is 12.1 Å². The Hall–Kier alpha value is -1.91. The fraction of sp³-hybridized carbons (Fsp3) is 0.467. The number of likely N-dealkylation sites (tertiary alicyclic amines) is 1. The molecule has 0 saturated carbocycles. The van der Waals surface area contributed by atoms with Gasteiger partial charge in [0.15, 0.2) is 0 Å². The Kier molecular flexibility index (Phi) is 3.20. The van der Waals surface area contributed by atoms with Gasteiger partial charge in [-0.1, -0.05) is 17.3 Å². The number of nitrogens with zero attached hydrogens (tertiary/aromatic N) is 2. The molecule has 4 nitrogen and oxygen atoms in total. The van der Waals surface area contributed by atoms with Crippen LogP contribution in [0.25, 0.3) is 0 Å². The number of carbonyl (C=O) groups is 1. The predicted octanol–water partition coefficient (Wildman–Crippen LogP) is 2.33. The maximum absolute atomic E-state index is 12.9. The largest absolute Gasteiger partial charge is 0.379 e. The molecule has 1 atom stereocenters. The summed E-state index contributed by atoms with van der Waals surface area (Å²) in [4.78, 5) is 19.7. The van der Waals surface area contributed by atoms with Crippen molar-refractivity contribution in [3.8, 4) is 0 Å². The highest BCUT2D eigenvalue weighted by Crippen LogP contribution is 2.29. The summed E-state index contributed by atoms with van der Waals surface area (Å²) >= 11 is 0. The molecule has 1 saturated heterocycles. The summed E-state index contributed by atoms with van der Waals surface area (Å²) in [5.74, 6) is -0.292. The first-order valence-corrected chi connectivity index (χ1v) is 6.89. The van der Waals surface area contributed by atoms with Gasteiger partial charge < -0.3 is 9.74 Å². The first-order valence-electron chi connectivity index (χ1n) is 6.89. The second kappa shape index (κ2) is 4.89. The highest BCUT2D eigenvalue weighted by atomic mass is 19.1. The third kappa shape index (κ3) is 2.28. The third-order valence-corrected chi connectivity index (χ3v) is 3.89. The van der Waals surface area contributed by atoms with Crippen molar-refractivity contribution in [2.75, 3.05) is 13.1 Å². The van der Waals surface area contributed by atoms with Crippen molar-refractivity contribution in [1.29, 1.82) is 0 Å². The van der Waals surface area contributed by atoms with Crippen LogP contribution < -0.4 is 0 Å². The molecule has 106 valence electrons. The van der Waals surface area contributed by atoms with Crippen LogP contribution in [-0.2, 0) is 9.63 Å². The first-order chi connectivity index (χ1) is 9.58. The summed E-state index contributed by atoms with van der Waals surface area (Å²) in [5, 5.41) is 4.03. The quantitative estimate of drug-likeness (QED) is 0.832. The molecule has 2 aliphatic heterocycles. The lowest BCUT2D eigenvalue weighted by molar-refractivity contribution is -0.152. The van der Waals surface area contributed by atoms with Crippen molar-refractivity contribution in [1.82, 2.24) is 4.90 Å². The number of rotatable bonds is 2. The fourth-order valence-corrected chi connectivity index (χ4v) is 2.71. The second-order valence-corrected chi connectivity index (χ2v) is 5.54. The van der Waals surface area contributed by atoms with Crippen LogP contribution in [-0.4, -0.2) is 35.2 Å². The van der Waals surface area contributed by atoms with Gasteiger partial charge in [0.05, 0.1) is 5.71 Å². The Balaban J connectivity index is 1.73. The Morgan fingerprint density at radius 2 is 1.95 bits per heavy atom. The normalized spacial score (nSPS) is 25.5. The number of oxime groups is 1. The minimum Gasteiger partial charge on any atom is -0.379 e. The Morgan fingerprint density at radius 1 is 1.30 bits per heavy atom. The highest BCUT2D eigenvalue weighted by molar-refractivity contribution is 6.05. The topological polar surface area (TPSA) is 41.9 Å². The minimum atomic E-state index is -0.923. The van der Waals surface area contributed by atoms with Crippen molar-refractivity contribution in [3.05, 3.63) is 35.6 Å². The standard InChI is InChI=1S/C15H17FN2O2/c1-15(14(19)18-8-2-3-9-18)10-13(17-20-15)11-4-6-12(16)7-5-11/h4-7H,2-3,8-10H2,1H3. The molecule has 1 unspecified atom stereocenters. The van der Waals surface area contributed by atoms with E-state index in [4.69, 9.17) is 4.84 Å². The van der Waals surface area contributed by atoms with Crippen molar-refractivity contribution in [2.45, 2.75) is 31.8 Å². The summed E-state index contributed by atoms with van der Waals surface area (Å²) in [7, 11) is 0. The van der Waals surface area contributed by atoms with E-state index in [1.807, 2.05) is 4.90 Å². The average Bonchev–Trinajstić information content (AvgIpc) is 3.09. The SMILES string of the molecule is CC1(C(=O)N2CCCC2)CC(c2ccc(F)cc2)=NO1. The van der Waals surface area contributed by atoms with Gasteiger partial charge in [-0.05, 0) is 37.5 Å². The molecule has 1 amide bonds. The van der Waals surface area contributed by atoms with Gasteiger partial charge in [-0.2, -0.15) is 0 Å². The number of benzene rings is 1. The van der Waals surface area contributed by atoms with Gasteiger partial charge in [0.1, 0.15) is 5.82 Å². The lowest BCUT2D eigenvalue weighted by Gasteiger charge is -2.26. The lowest BCUT2D eigenvalue weighted by Crippen LogP contribution is -2.46. The molecule has 1 aromatic rings. The van der Waals surface area contributed by atoms with Gasteiger partial charge in [0, 0.05) is 19.5 Å². The fourth-order valence-electron chi connectivity index (χ4n) is 2.71. The van der Waals surface area contributed by atoms with E-state index in [0.717, 1.165) is 31.5 Å². The minimum absolute atomic E-state index is 0.00383. The number of halogens is 1. The molecule has 20 heavy (non-hydrogen) atoms. The van der Waals surface area contributed by atoms with Crippen LogP contribution in [0.5, 0.6) is 0 Å². The molecule has 1 fully saturated rings. The molecule has 3 rings (SSSR count). The first kappa shape index (κ1) is 13.1. The van der Waals surface area contributed by atoms with Gasteiger partial charge in [-0.15, -0.1) is 0 Å². The zero-order chi connectivity index (χ0) is 14.2. The van der Waals surface area contributed by atoms with E-state index in [9.17, 15) is 9.18 Å². The molecule has 1 aromatic carbocycles. The summed E-state index contributed by atoms with van der Waals surface area (Å²) in [6.45, 7) is 3.36.